The van der Waals surface area contributed by atoms with Gasteiger partial charge in [0.1, 0.15) is 5.82 Å². The molecule has 6 heteroatoms. The van der Waals surface area contributed by atoms with Gasteiger partial charge in [0.15, 0.2) is 0 Å². The van der Waals surface area contributed by atoms with Crippen LogP contribution in [0.3, 0.4) is 0 Å². The van der Waals surface area contributed by atoms with Gasteiger partial charge in [-0.1, -0.05) is 0 Å². The van der Waals surface area contributed by atoms with Crippen molar-refractivity contribution in [3.05, 3.63) is 24.2 Å². The summed E-state index contributed by atoms with van der Waals surface area (Å²) in [6, 6.07) is 0. The van der Waals surface area contributed by atoms with Crippen LogP contribution in [-0.2, 0) is 10.0 Å². The van der Waals surface area contributed by atoms with Gasteiger partial charge in [0, 0.05) is 6.20 Å². The third kappa shape index (κ3) is 1.25. The molecule has 2 N–H and O–H groups in total. The number of nitrogens with one attached hydrogen (secondary N) is 2. The zero-order valence-electron chi connectivity index (χ0n) is 6.32. The van der Waals surface area contributed by atoms with E-state index in [0.717, 1.165) is 0 Å². The highest BCUT2D eigenvalue weighted by Gasteiger charge is 2.24. The van der Waals surface area contributed by atoms with Gasteiger partial charge >= 0.3 is 0 Å². The van der Waals surface area contributed by atoms with Gasteiger partial charge in [-0.2, -0.15) is 0 Å². The summed E-state index contributed by atoms with van der Waals surface area (Å²) in [6.07, 6.45) is 5.22. The van der Waals surface area contributed by atoms with Crippen molar-refractivity contribution in [2.75, 3.05) is 12.3 Å². The minimum absolute atomic E-state index is 0.130. The van der Waals surface area contributed by atoms with Crippen molar-refractivity contribution < 1.29 is 8.42 Å². The number of fused-ring (bicyclic) bond motifs is 1. The number of allylic oxidation sites excluding steroid dienone is 2. The average Bonchev–Trinajstić information content (AvgIpc) is 2.02. The van der Waals surface area contributed by atoms with Crippen molar-refractivity contribution in [2.45, 2.75) is 0 Å². The Labute approximate surface area is 70.8 Å². The van der Waals surface area contributed by atoms with E-state index in [1.54, 1.807) is 23.4 Å². The van der Waals surface area contributed by atoms with Crippen LogP contribution in [0, 0.1) is 0 Å². The molecular formula is C6H9N3O2S. The van der Waals surface area contributed by atoms with Gasteiger partial charge in [0.25, 0.3) is 0 Å². The zero-order chi connectivity index (χ0) is 8.60. The van der Waals surface area contributed by atoms with Gasteiger partial charge in [-0.25, -0.2) is 8.42 Å². The molecular weight excluding hydrogens is 178 g/mol. The Morgan fingerprint density at radius 1 is 1.50 bits per heavy atom. The third-order valence-electron chi connectivity index (χ3n) is 1.72. The number of nitrogens with zero attached hydrogens (tertiary/aromatic N) is 1. The van der Waals surface area contributed by atoms with E-state index < -0.39 is 10.0 Å². The van der Waals surface area contributed by atoms with Crippen LogP contribution in [0.1, 0.15) is 0 Å². The maximum Gasteiger partial charge on any atom is 0.235 e. The molecule has 12 heavy (non-hydrogen) atoms. The summed E-state index contributed by atoms with van der Waals surface area (Å²) < 4.78 is 24.6. The van der Waals surface area contributed by atoms with Crippen LogP contribution in [0.15, 0.2) is 24.2 Å². The minimum Gasteiger partial charge on any atom is -0.304 e. The SMILES string of the molecule is O=S1(=O)CCN2NC=CC=C2N1. The Kier molecular flexibility index (Phi) is 1.50. The van der Waals surface area contributed by atoms with E-state index in [4.69, 9.17) is 0 Å². The molecule has 0 atom stereocenters. The van der Waals surface area contributed by atoms with E-state index in [9.17, 15) is 8.42 Å². The smallest absolute Gasteiger partial charge is 0.235 e. The quantitative estimate of drug-likeness (QED) is 0.515. The van der Waals surface area contributed by atoms with Crippen molar-refractivity contribution in [3.8, 4) is 0 Å². The lowest BCUT2D eigenvalue weighted by atomic mass is 10.4. The minimum atomic E-state index is -3.09. The van der Waals surface area contributed by atoms with E-state index in [2.05, 4.69) is 10.1 Å². The molecule has 0 amide bonds. The fourth-order valence-electron chi connectivity index (χ4n) is 1.13. The van der Waals surface area contributed by atoms with Gasteiger partial charge in [0.2, 0.25) is 10.0 Å². The zero-order valence-corrected chi connectivity index (χ0v) is 7.13. The summed E-state index contributed by atoms with van der Waals surface area (Å²) in [5.41, 5.74) is 2.92. The van der Waals surface area contributed by atoms with Gasteiger partial charge < -0.3 is 5.43 Å². The number of hydrogen-bond donors (Lipinski definition) is 2. The average molecular weight is 187 g/mol. The molecule has 0 bridgehead atoms. The third-order valence-corrected chi connectivity index (χ3v) is 2.96. The molecule has 0 unspecified atom stereocenters. The number of sulfonamides is 1. The topological polar surface area (TPSA) is 61.4 Å². The molecule has 0 aromatic heterocycles. The molecule has 1 fully saturated rings. The molecule has 5 nitrogen and oxygen atoms in total. The van der Waals surface area contributed by atoms with Crippen molar-refractivity contribution in [1.29, 1.82) is 0 Å². The summed E-state index contributed by atoms with van der Waals surface area (Å²) in [5.74, 6) is 0.717. The van der Waals surface area contributed by atoms with E-state index in [-0.39, 0.29) is 5.75 Å². The van der Waals surface area contributed by atoms with Crippen molar-refractivity contribution in [3.63, 3.8) is 0 Å². The van der Waals surface area contributed by atoms with Crippen LogP contribution in [-0.4, -0.2) is 25.7 Å². The van der Waals surface area contributed by atoms with Crippen LogP contribution >= 0.6 is 0 Å². The van der Waals surface area contributed by atoms with Crippen molar-refractivity contribution >= 4 is 10.0 Å². The standard InChI is InChI=1S/C6H9N3O2S/c10-12(11)5-4-9-6(8-12)2-1-3-7-9/h1-3,7-8H,4-5H2. The second-order valence-electron chi connectivity index (χ2n) is 2.61. The van der Waals surface area contributed by atoms with Crippen LogP contribution in [0.5, 0.6) is 0 Å². The first-order chi connectivity index (χ1) is 5.67. The van der Waals surface area contributed by atoms with E-state index in [1.807, 2.05) is 0 Å². The number of hydrogen-bond acceptors (Lipinski definition) is 4. The molecule has 2 heterocycles. The Hall–Kier alpha value is -1.17. The molecule has 66 valence electrons. The first kappa shape index (κ1) is 7.48. The van der Waals surface area contributed by atoms with Crippen LogP contribution in [0.4, 0.5) is 0 Å². The molecule has 2 aliphatic rings. The molecule has 2 rings (SSSR count). The molecule has 0 saturated carbocycles. The summed E-state index contributed by atoms with van der Waals surface area (Å²) in [5, 5.41) is 1.75. The highest BCUT2D eigenvalue weighted by atomic mass is 32.2. The van der Waals surface area contributed by atoms with E-state index in [1.165, 1.54) is 0 Å². The number of rotatable bonds is 0. The Balaban J connectivity index is 2.27. The lowest BCUT2D eigenvalue weighted by molar-refractivity contribution is 0.277. The fraction of sp³-hybridized carbons (Fsp3) is 0.333. The molecule has 0 aromatic rings. The predicted octanol–water partition coefficient (Wildman–Crippen LogP) is -0.905. The number of hydrazine groups is 1. The van der Waals surface area contributed by atoms with Gasteiger partial charge in [-0.3, -0.25) is 9.73 Å². The maximum absolute atomic E-state index is 11.1. The Morgan fingerprint density at radius 2 is 2.33 bits per heavy atom. The highest BCUT2D eigenvalue weighted by Crippen LogP contribution is 2.09. The lowest BCUT2D eigenvalue weighted by Gasteiger charge is -2.33. The molecule has 1 saturated heterocycles. The molecule has 0 spiro atoms. The molecule has 2 aliphatic heterocycles. The van der Waals surface area contributed by atoms with Crippen LogP contribution in [0.25, 0.3) is 0 Å². The van der Waals surface area contributed by atoms with Gasteiger partial charge in [0.05, 0.1) is 12.3 Å². The summed E-state index contributed by atoms with van der Waals surface area (Å²) >= 11 is 0. The first-order valence-corrected chi connectivity index (χ1v) is 5.24. The van der Waals surface area contributed by atoms with Gasteiger partial charge in [-0.15, -0.1) is 0 Å². The summed E-state index contributed by atoms with van der Waals surface area (Å²) in [6.45, 7) is 0.478. The van der Waals surface area contributed by atoms with E-state index >= 15 is 0 Å². The fourth-order valence-corrected chi connectivity index (χ4v) is 2.15. The summed E-state index contributed by atoms with van der Waals surface area (Å²) in [4.78, 5) is 0. The largest absolute Gasteiger partial charge is 0.304 e. The second kappa shape index (κ2) is 2.41. The molecule has 0 aliphatic carbocycles. The Bertz CT molecular complexity index is 344. The van der Waals surface area contributed by atoms with E-state index in [0.29, 0.717) is 12.4 Å². The first-order valence-electron chi connectivity index (χ1n) is 3.58. The van der Waals surface area contributed by atoms with Crippen molar-refractivity contribution in [1.82, 2.24) is 15.2 Å². The van der Waals surface area contributed by atoms with Crippen molar-refractivity contribution in [2.24, 2.45) is 0 Å². The predicted molar refractivity (Wildman–Crippen MR) is 44.0 cm³/mol. The lowest BCUT2D eigenvalue weighted by Crippen LogP contribution is -2.50. The van der Waals surface area contributed by atoms with Gasteiger partial charge in [-0.05, 0) is 12.2 Å². The van der Waals surface area contributed by atoms with Crippen LogP contribution in [0.2, 0.25) is 0 Å². The maximum atomic E-state index is 11.1. The summed E-state index contributed by atoms with van der Waals surface area (Å²) in [7, 11) is -3.09. The normalized spacial score (nSPS) is 25.0. The second-order valence-corrected chi connectivity index (χ2v) is 4.45. The molecule has 0 aromatic carbocycles. The van der Waals surface area contributed by atoms with Crippen LogP contribution < -0.4 is 10.1 Å². The Morgan fingerprint density at radius 3 is 3.17 bits per heavy atom. The monoisotopic (exact) mass is 187 g/mol. The highest BCUT2D eigenvalue weighted by molar-refractivity contribution is 7.89. The molecule has 0 radical (unpaired) electrons.